The molecule has 6 aromatic heterocycles. The van der Waals surface area contributed by atoms with Crippen LogP contribution in [0.5, 0.6) is 0 Å². The van der Waals surface area contributed by atoms with Gasteiger partial charge in [-0.3, -0.25) is 0 Å². The van der Waals surface area contributed by atoms with Crippen LogP contribution < -0.4 is 0 Å². The zero-order chi connectivity index (χ0) is 37.1. The average molecular weight is 831 g/mol. The highest BCUT2D eigenvalue weighted by atomic mass is 32.1. The lowest BCUT2D eigenvalue weighted by Gasteiger charge is -2.18. The average Bonchev–Trinajstić information content (AvgIpc) is 4.09. The first-order valence-corrected chi connectivity index (χ1v) is 23.2. The van der Waals surface area contributed by atoms with Gasteiger partial charge in [-0.2, -0.15) is 0 Å². The van der Waals surface area contributed by atoms with E-state index < -0.39 is 0 Å². The maximum Gasteiger partial charge on any atom is 0.127 e. The molecule has 0 atom stereocenters. The topological polar surface area (TPSA) is 77.3 Å². The van der Waals surface area contributed by atoms with Crippen molar-refractivity contribution in [2.75, 3.05) is 0 Å². The smallest absolute Gasteiger partial charge is 0.127 e. The molecule has 12 heteroatoms. The minimum atomic E-state index is 0.820. The molecule has 6 nitrogen and oxygen atoms in total. The van der Waals surface area contributed by atoms with Crippen molar-refractivity contribution in [2.24, 2.45) is 0 Å². The van der Waals surface area contributed by atoms with E-state index in [2.05, 4.69) is 111 Å². The van der Waals surface area contributed by atoms with Crippen molar-refractivity contribution >= 4 is 140 Å². The molecule has 12 aromatic rings. The molecule has 0 spiro atoms. The molecule has 268 valence electrons. The van der Waals surface area contributed by atoms with Crippen LogP contribution in [0, 0.1) is 0 Å². The third-order valence-corrected chi connectivity index (χ3v) is 16.8. The summed E-state index contributed by atoms with van der Waals surface area (Å²) in [6.45, 7) is 4.38. The lowest BCUT2D eigenvalue weighted by Crippen LogP contribution is -1.96. The minimum absolute atomic E-state index is 0.820. The molecule has 0 saturated carbocycles. The number of benzene rings is 6. The second-order valence-corrected chi connectivity index (χ2v) is 19.8. The Labute approximate surface area is 343 Å². The Hall–Kier alpha value is -5.08. The van der Waals surface area contributed by atoms with Crippen molar-refractivity contribution in [1.29, 1.82) is 0 Å². The molecular weight excluding hydrogens is 805 g/mol. The third kappa shape index (κ3) is 4.93. The molecule has 6 aromatic carbocycles. The molecule has 12 rings (SSSR count). The van der Waals surface area contributed by atoms with Gasteiger partial charge in [-0.15, -0.1) is 68.0 Å². The highest BCUT2D eigenvalue weighted by Gasteiger charge is 2.33. The van der Waals surface area contributed by atoms with Crippen molar-refractivity contribution in [3.05, 3.63) is 107 Å². The lowest BCUT2D eigenvalue weighted by atomic mass is 9.90. The van der Waals surface area contributed by atoms with E-state index in [1.165, 1.54) is 0 Å². The summed E-state index contributed by atoms with van der Waals surface area (Å²) in [4.78, 5) is 32.6. The van der Waals surface area contributed by atoms with Gasteiger partial charge >= 0.3 is 0 Å². The van der Waals surface area contributed by atoms with Crippen LogP contribution in [0.4, 0.5) is 0 Å². The SMILES string of the molecule is CCc1nc2c(-c3nc4ccccc4s3)c3c(-c4nc5ccccc5s4)c4sc(CC)nc4c(-c4nc5ccccc5s4)c3c(-c3nc4ccccc4s3)c2s1. The van der Waals surface area contributed by atoms with Crippen LogP contribution >= 0.6 is 68.0 Å². The summed E-state index contributed by atoms with van der Waals surface area (Å²) in [6.07, 6.45) is 1.64. The Morgan fingerprint density at radius 3 is 0.964 bits per heavy atom. The van der Waals surface area contributed by atoms with Gasteiger partial charge in [-0.25, -0.2) is 29.9 Å². The normalized spacial score (nSPS) is 12.2. The van der Waals surface area contributed by atoms with E-state index in [-0.39, 0.29) is 0 Å². The molecule has 0 saturated heterocycles. The number of hydrogen-bond donors (Lipinski definition) is 0. The second kappa shape index (κ2) is 12.7. The quantitative estimate of drug-likeness (QED) is 0.166. The molecule has 0 amide bonds. The summed E-state index contributed by atoms with van der Waals surface area (Å²) in [5.74, 6) is 0. The van der Waals surface area contributed by atoms with Crippen LogP contribution in [0.1, 0.15) is 23.9 Å². The van der Waals surface area contributed by atoms with Crippen LogP contribution in [-0.4, -0.2) is 29.9 Å². The zero-order valence-electron chi connectivity index (χ0n) is 29.8. The molecule has 0 radical (unpaired) electrons. The molecule has 0 aliphatic heterocycles. The van der Waals surface area contributed by atoms with E-state index in [9.17, 15) is 0 Å². The first-order valence-electron chi connectivity index (χ1n) is 18.3. The number of nitrogens with zero attached hydrogens (tertiary/aromatic N) is 6. The molecular formula is C44H26N6S6. The fourth-order valence-electron chi connectivity index (χ4n) is 7.66. The van der Waals surface area contributed by atoms with Crippen LogP contribution in [0.25, 0.3) is 114 Å². The van der Waals surface area contributed by atoms with Crippen molar-refractivity contribution < 1.29 is 0 Å². The first-order chi connectivity index (χ1) is 27.6. The molecule has 6 heterocycles. The largest absolute Gasteiger partial charge is 0.240 e. The van der Waals surface area contributed by atoms with Gasteiger partial charge < -0.3 is 0 Å². The third-order valence-electron chi connectivity index (χ3n) is 10.2. The number of thiazole rings is 6. The Morgan fingerprint density at radius 2 is 0.661 bits per heavy atom. The van der Waals surface area contributed by atoms with Gasteiger partial charge in [0.25, 0.3) is 0 Å². The fraction of sp³-hybridized carbons (Fsp3) is 0.0909. The maximum absolute atomic E-state index is 5.50. The molecule has 0 bridgehead atoms. The van der Waals surface area contributed by atoms with Crippen molar-refractivity contribution in [3.63, 3.8) is 0 Å². The van der Waals surface area contributed by atoms with Gasteiger partial charge in [0.05, 0.1) is 71.3 Å². The van der Waals surface area contributed by atoms with Gasteiger partial charge in [-0.1, -0.05) is 62.4 Å². The molecule has 0 unspecified atom stereocenters. The lowest BCUT2D eigenvalue weighted by molar-refractivity contribution is 1.11. The van der Waals surface area contributed by atoms with E-state index >= 15 is 0 Å². The van der Waals surface area contributed by atoms with E-state index in [1.54, 1.807) is 68.0 Å². The summed E-state index contributed by atoms with van der Waals surface area (Å²) in [7, 11) is 0. The van der Waals surface area contributed by atoms with E-state index in [1.807, 2.05) is 0 Å². The van der Waals surface area contributed by atoms with Crippen LogP contribution in [0.2, 0.25) is 0 Å². The number of rotatable bonds is 6. The Balaban J connectivity index is 1.40. The van der Waals surface area contributed by atoms with E-state index in [4.69, 9.17) is 29.9 Å². The van der Waals surface area contributed by atoms with Crippen molar-refractivity contribution in [3.8, 4) is 42.3 Å². The standard InChI is InChI=1S/C44H26N6S6/c1-3-29-49-37-33(41-45-21-13-5-9-17-25(21)51-41)31-32(35(39(37)55-29)43-47-23-15-7-11-19-27(23)53-43)34(42-46-22-14-6-10-18-26(22)52-42)38-40(56-30(4-2)50-38)36(31)44-48-24-16-8-12-20-28(24)54-44/h5-20H,3-4H2,1-2H3. The van der Waals surface area contributed by atoms with Crippen LogP contribution in [-0.2, 0) is 12.8 Å². The summed E-state index contributed by atoms with van der Waals surface area (Å²) in [5, 5.41) is 8.16. The Kier molecular flexibility index (Phi) is 7.52. The molecule has 56 heavy (non-hydrogen) atoms. The maximum atomic E-state index is 5.50. The second-order valence-electron chi connectivity index (χ2n) is 13.5. The predicted molar refractivity (Wildman–Crippen MR) is 244 cm³/mol. The van der Waals surface area contributed by atoms with Gasteiger partial charge in [0.1, 0.15) is 20.0 Å². The summed E-state index contributed by atoms with van der Waals surface area (Å²) in [5.41, 5.74) is 10.1. The number of para-hydroxylation sites is 4. The summed E-state index contributed by atoms with van der Waals surface area (Å²) >= 11 is 10.5. The molecule has 0 aliphatic rings. The molecule has 0 N–H and O–H groups in total. The first kappa shape index (κ1) is 33.1. The van der Waals surface area contributed by atoms with Gasteiger partial charge in [0.15, 0.2) is 0 Å². The van der Waals surface area contributed by atoms with Crippen molar-refractivity contribution in [2.45, 2.75) is 26.7 Å². The number of hydrogen-bond acceptors (Lipinski definition) is 12. The highest BCUT2D eigenvalue weighted by Crippen LogP contribution is 2.57. The van der Waals surface area contributed by atoms with Gasteiger partial charge in [-0.05, 0) is 61.4 Å². The Morgan fingerprint density at radius 1 is 0.357 bits per heavy atom. The zero-order valence-corrected chi connectivity index (χ0v) is 34.7. The number of fused-ring (bicyclic) bond motifs is 7. The molecule has 0 fully saturated rings. The van der Waals surface area contributed by atoms with Crippen molar-refractivity contribution in [1.82, 2.24) is 29.9 Å². The molecule has 0 aliphatic carbocycles. The monoisotopic (exact) mass is 830 g/mol. The van der Waals surface area contributed by atoms with Gasteiger partial charge in [0, 0.05) is 33.0 Å². The van der Waals surface area contributed by atoms with Crippen LogP contribution in [0.3, 0.4) is 0 Å². The van der Waals surface area contributed by atoms with Gasteiger partial charge in [0.2, 0.25) is 0 Å². The fourth-order valence-corrected chi connectivity index (χ4v) is 14.0. The number of aromatic nitrogens is 6. The predicted octanol–water partition coefficient (Wildman–Crippen LogP) is 14.3. The minimum Gasteiger partial charge on any atom is -0.240 e. The summed E-state index contributed by atoms with van der Waals surface area (Å²) < 4.78 is 6.82. The number of aryl methyl sites for hydroxylation is 2. The summed E-state index contributed by atoms with van der Waals surface area (Å²) in [6, 6.07) is 33.8. The van der Waals surface area contributed by atoms with Crippen LogP contribution in [0.15, 0.2) is 97.1 Å². The van der Waals surface area contributed by atoms with E-state index in [0.717, 1.165) is 137 Å². The highest BCUT2D eigenvalue weighted by molar-refractivity contribution is 7.25. The Bertz CT molecular complexity index is 2960. The van der Waals surface area contributed by atoms with E-state index in [0.29, 0.717) is 0 Å².